The molecule has 5 nitrogen and oxygen atoms in total. The first-order chi connectivity index (χ1) is 13.5. The molecule has 1 aliphatic heterocycles. The third-order valence-electron chi connectivity index (χ3n) is 5.31. The van der Waals surface area contributed by atoms with Gasteiger partial charge < -0.3 is 4.90 Å². The van der Waals surface area contributed by atoms with Crippen LogP contribution in [0.4, 0.5) is 5.69 Å². The molecular formula is C21H23ClN4OS. The summed E-state index contributed by atoms with van der Waals surface area (Å²) in [5.74, 6) is 1.34. The fraction of sp³-hybridized carbons (Fsp3) is 0.381. The number of piperidine rings is 1. The van der Waals surface area contributed by atoms with Gasteiger partial charge in [0, 0.05) is 42.8 Å². The molecule has 0 N–H and O–H groups in total. The smallest absolute Gasteiger partial charge is 0.258 e. The normalized spacial score (nSPS) is 15.2. The second-order valence-electron chi connectivity index (χ2n) is 7.31. The minimum Gasteiger partial charge on any atom is -0.370 e. The maximum absolute atomic E-state index is 12.4. The molecule has 3 heterocycles. The van der Waals surface area contributed by atoms with Gasteiger partial charge in [0.15, 0.2) is 0 Å². The van der Waals surface area contributed by atoms with Crippen molar-refractivity contribution >= 4 is 28.6 Å². The van der Waals surface area contributed by atoms with E-state index in [9.17, 15) is 4.79 Å². The van der Waals surface area contributed by atoms with Crippen LogP contribution >= 0.6 is 22.9 Å². The van der Waals surface area contributed by atoms with Crippen LogP contribution in [0.1, 0.15) is 29.4 Å². The minimum absolute atomic E-state index is 0.0863. The standard InChI is InChI=1S/C21H23ClN4OS/c1-14-11-21(27)26(15(2)24-14)17-3-4-19(18(22)13-17)25-8-5-16(6-9-25)12-20-23-7-10-28-20/h3-4,7,10-11,13,16H,5-6,8-9,12H2,1-2H3. The Bertz CT molecular complexity index is 1020. The zero-order chi connectivity index (χ0) is 19.7. The van der Waals surface area contributed by atoms with Crippen molar-refractivity contribution in [1.29, 1.82) is 0 Å². The van der Waals surface area contributed by atoms with Crippen LogP contribution in [0.3, 0.4) is 0 Å². The number of hydrogen-bond acceptors (Lipinski definition) is 5. The second-order valence-corrected chi connectivity index (χ2v) is 8.70. The minimum atomic E-state index is -0.0863. The number of nitrogens with zero attached hydrogens (tertiary/aromatic N) is 4. The fourth-order valence-corrected chi connectivity index (χ4v) is 4.95. The Balaban J connectivity index is 1.49. The predicted molar refractivity (Wildman–Crippen MR) is 115 cm³/mol. The number of halogens is 1. The number of aryl methyl sites for hydroxylation is 2. The Hall–Kier alpha value is -2.18. The summed E-state index contributed by atoms with van der Waals surface area (Å²) in [5.41, 5.74) is 2.42. The van der Waals surface area contributed by atoms with Crippen LogP contribution in [0.5, 0.6) is 0 Å². The number of thiazole rings is 1. The van der Waals surface area contributed by atoms with Gasteiger partial charge in [-0.25, -0.2) is 9.97 Å². The maximum atomic E-state index is 12.4. The van der Waals surface area contributed by atoms with Crippen molar-refractivity contribution in [1.82, 2.24) is 14.5 Å². The highest BCUT2D eigenvalue weighted by Crippen LogP contribution is 2.32. The Kier molecular flexibility index (Phi) is 5.51. The Labute approximate surface area is 173 Å². The number of anilines is 1. The van der Waals surface area contributed by atoms with Crippen molar-refractivity contribution in [2.45, 2.75) is 33.1 Å². The van der Waals surface area contributed by atoms with Crippen molar-refractivity contribution in [2.75, 3.05) is 18.0 Å². The molecule has 146 valence electrons. The zero-order valence-electron chi connectivity index (χ0n) is 16.1. The highest BCUT2D eigenvalue weighted by atomic mass is 35.5. The van der Waals surface area contributed by atoms with E-state index >= 15 is 0 Å². The molecule has 1 aromatic carbocycles. The van der Waals surface area contributed by atoms with Crippen molar-refractivity contribution in [3.63, 3.8) is 0 Å². The van der Waals surface area contributed by atoms with Crippen LogP contribution in [0.25, 0.3) is 5.69 Å². The number of hydrogen-bond donors (Lipinski definition) is 0. The fourth-order valence-electron chi connectivity index (χ4n) is 3.92. The topological polar surface area (TPSA) is 51.0 Å². The quantitative estimate of drug-likeness (QED) is 0.634. The Morgan fingerprint density at radius 2 is 2.00 bits per heavy atom. The molecule has 0 bridgehead atoms. The largest absolute Gasteiger partial charge is 0.370 e. The summed E-state index contributed by atoms with van der Waals surface area (Å²) < 4.78 is 1.60. The van der Waals surface area contributed by atoms with Gasteiger partial charge in [-0.3, -0.25) is 9.36 Å². The van der Waals surface area contributed by atoms with Crippen molar-refractivity contribution < 1.29 is 0 Å². The number of benzene rings is 1. The SMILES string of the molecule is Cc1cc(=O)n(-c2ccc(N3CCC(Cc4nccs4)CC3)c(Cl)c2)c(C)n1. The van der Waals surface area contributed by atoms with Crippen LogP contribution in [0.15, 0.2) is 40.6 Å². The van der Waals surface area contributed by atoms with E-state index in [1.807, 2.05) is 43.6 Å². The molecule has 0 amide bonds. The van der Waals surface area contributed by atoms with E-state index in [1.54, 1.807) is 22.0 Å². The maximum Gasteiger partial charge on any atom is 0.258 e. The first-order valence-corrected chi connectivity index (χ1v) is 10.8. The number of rotatable bonds is 4. The van der Waals surface area contributed by atoms with Gasteiger partial charge in [-0.05, 0) is 50.8 Å². The molecule has 1 fully saturated rings. The van der Waals surface area contributed by atoms with E-state index in [2.05, 4.69) is 14.9 Å². The Morgan fingerprint density at radius 1 is 1.21 bits per heavy atom. The van der Waals surface area contributed by atoms with Crippen molar-refractivity contribution in [3.8, 4) is 5.69 Å². The summed E-state index contributed by atoms with van der Waals surface area (Å²) in [5, 5.41) is 3.94. The lowest BCUT2D eigenvalue weighted by molar-refractivity contribution is 0.403. The molecule has 0 atom stereocenters. The molecule has 4 rings (SSSR count). The van der Waals surface area contributed by atoms with Gasteiger partial charge in [0.25, 0.3) is 5.56 Å². The first-order valence-electron chi connectivity index (χ1n) is 9.52. The summed E-state index contributed by atoms with van der Waals surface area (Å²) in [6, 6.07) is 7.38. The van der Waals surface area contributed by atoms with Crippen LogP contribution in [-0.2, 0) is 6.42 Å². The zero-order valence-corrected chi connectivity index (χ0v) is 17.6. The van der Waals surface area contributed by atoms with Crippen LogP contribution in [0, 0.1) is 19.8 Å². The third-order valence-corrected chi connectivity index (χ3v) is 6.41. The van der Waals surface area contributed by atoms with Gasteiger partial charge in [-0.1, -0.05) is 11.6 Å². The van der Waals surface area contributed by atoms with E-state index in [1.165, 1.54) is 5.01 Å². The van der Waals surface area contributed by atoms with E-state index in [0.29, 0.717) is 16.8 Å². The van der Waals surface area contributed by atoms with Gasteiger partial charge in [0.2, 0.25) is 0 Å². The van der Waals surface area contributed by atoms with Crippen molar-refractivity contribution in [3.05, 3.63) is 67.7 Å². The monoisotopic (exact) mass is 414 g/mol. The Morgan fingerprint density at radius 3 is 2.64 bits per heavy atom. The summed E-state index contributed by atoms with van der Waals surface area (Å²) in [6.45, 7) is 5.64. The predicted octanol–water partition coefficient (Wildman–Crippen LogP) is 4.42. The summed E-state index contributed by atoms with van der Waals surface area (Å²) in [4.78, 5) is 23.5. The lowest BCUT2D eigenvalue weighted by atomic mass is 9.93. The lowest BCUT2D eigenvalue weighted by Crippen LogP contribution is -2.34. The van der Waals surface area contributed by atoms with Gasteiger partial charge in [0.1, 0.15) is 5.82 Å². The molecule has 2 aromatic heterocycles. The molecule has 1 aliphatic rings. The molecule has 3 aromatic rings. The van der Waals surface area contributed by atoms with E-state index in [-0.39, 0.29) is 5.56 Å². The molecule has 7 heteroatoms. The molecule has 0 spiro atoms. The molecule has 0 unspecified atom stereocenters. The third kappa shape index (κ3) is 3.98. The van der Waals surface area contributed by atoms with Gasteiger partial charge in [-0.15, -0.1) is 11.3 Å². The van der Waals surface area contributed by atoms with Gasteiger partial charge in [-0.2, -0.15) is 0 Å². The lowest BCUT2D eigenvalue weighted by Gasteiger charge is -2.34. The average molecular weight is 415 g/mol. The van der Waals surface area contributed by atoms with Crippen LogP contribution < -0.4 is 10.5 Å². The van der Waals surface area contributed by atoms with Crippen LogP contribution in [0.2, 0.25) is 5.02 Å². The number of aromatic nitrogens is 3. The molecule has 0 aliphatic carbocycles. The van der Waals surface area contributed by atoms with Gasteiger partial charge in [0.05, 0.1) is 21.4 Å². The van der Waals surface area contributed by atoms with Crippen LogP contribution in [-0.4, -0.2) is 27.6 Å². The van der Waals surface area contributed by atoms with E-state index < -0.39 is 0 Å². The average Bonchev–Trinajstić information content (AvgIpc) is 3.15. The van der Waals surface area contributed by atoms with E-state index in [0.717, 1.165) is 49.4 Å². The van der Waals surface area contributed by atoms with Crippen molar-refractivity contribution in [2.24, 2.45) is 5.92 Å². The highest BCUT2D eigenvalue weighted by molar-refractivity contribution is 7.09. The summed E-state index contributed by atoms with van der Waals surface area (Å²) in [7, 11) is 0. The molecule has 1 saturated heterocycles. The molecule has 0 radical (unpaired) electrons. The molecule has 0 saturated carbocycles. The first kappa shape index (κ1) is 19.2. The summed E-state index contributed by atoms with van der Waals surface area (Å²) in [6.07, 6.45) is 5.23. The second kappa shape index (κ2) is 8.05. The van der Waals surface area contributed by atoms with Gasteiger partial charge >= 0.3 is 0 Å². The summed E-state index contributed by atoms with van der Waals surface area (Å²) >= 11 is 8.35. The highest BCUT2D eigenvalue weighted by Gasteiger charge is 2.22. The van der Waals surface area contributed by atoms with E-state index in [4.69, 9.17) is 11.6 Å². The molecule has 28 heavy (non-hydrogen) atoms. The molecular weight excluding hydrogens is 392 g/mol.